The van der Waals surface area contributed by atoms with E-state index in [1.54, 1.807) is 0 Å². The summed E-state index contributed by atoms with van der Waals surface area (Å²) in [6, 6.07) is 7.62. The molecule has 4 fully saturated rings. The predicted molar refractivity (Wildman–Crippen MR) is 173 cm³/mol. The van der Waals surface area contributed by atoms with Gasteiger partial charge in [-0.1, -0.05) is 57.0 Å². The fourth-order valence-electron chi connectivity index (χ4n) is 10.9. The van der Waals surface area contributed by atoms with Crippen molar-refractivity contribution < 1.29 is 29.6 Å². The molecule has 6 nitrogen and oxygen atoms in total. The summed E-state index contributed by atoms with van der Waals surface area (Å²) in [7, 11) is 0. The summed E-state index contributed by atoms with van der Waals surface area (Å²) in [5, 5.41) is 34.2. The molecule has 7 heteroatoms. The van der Waals surface area contributed by atoms with E-state index in [0.29, 0.717) is 47.8 Å². The molecule has 3 N–H and O–H groups in total. The van der Waals surface area contributed by atoms with Crippen LogP contribution in [0.5, 0.6) is 0 Å². The van der Waals surface area contributed by atoms with Gasteiger partial charge in [-0.25, -0.2) is 4.79 Å². The quantitative estimate of drug-likeness (QED) is 0.219. The molecule has 0 radical (unpaired) electrons. The second-order valence-corrected chi connectivity index (χ2v) is 15.7. The van der Waals surface area contributed by atoms with Crippen molar-refractivity contribution in [2.45, 2.75) is 118 Å². The minimum absolute atomic E-state index is 0.0118. The Bertz CT molecular complexity index is 1360. The van der Waals surface area contributed by atoms with Crippen LogP contribution < -0.4 is 0 Å². The van der Waals surface area contributed by atoms with Crippen LogP contribution in [0, 0.1) is 39.9 Å². The molecule has 0 bridgehead atoms. The lowest BCUT2D eigenvalue weighted by Gasteiger charge is -2.69. The molecule has 0 aromatic heterocycles. The van der Waals surface area contributed by atoms with Gasteiger partial charge in [-0.3, -0.25) is 4.79 Å². The molecule has 0 heterocycles. The van der Waals surface area contributed by atoms with Gasteiger partial charge in [0.25, 0.3) is 0 Å². The number of aliphatic carboxylic acids is 1. The van der Waals surface area contributed by atoms with Gasteiger partial charge in [0.1, 0.15) is 6.10 Å². The van der Waals surface area contributed by atoms with E-state index in [-0.39, 0.29) is 40.1 Å². The van der Waals surface area contributed by atoms with Gasteiger partial charge in [-0.15, -0.1) is 0 Å². The van der Waals surface area contributed by atoms with E-state index in [4.69, 9.17) is 16.3 Å². The number of aliphatic hydroxyl groups is 2. The monoisotopic (exact) mass is 626 g/mol. The van der Waals surface area contributed by atoms with E-state index in [1.807, 2.05) is 38.1 Å². The third-order valence-corrected chi connectivity index (χ3v) is 13.3. The van der Waals surface area contributed by atoms with Crippen LogP contribution in [0.15, 0.2) is 41.0 Å². The maximum absolute atomic E-state index is 13.1. The van der Waals surface area contributed by atoms with Crippen LogP contribution in [-0.4, -0.2) is 45.6 Å². The number of carboxylic acid groups (broad SMARTS) is 1. The normalized spacial score (nSPS) is 40.7. The van der Waals surface area contributed by atoms with Crippen molar-refractivity contribution >= 4 is 29.1 Å². The lowest BCUT2D eigenvalue weighted by molar-refractivity contribution is -0.234. The van der Waals surface area contributed by atoms with Crippen molar-refractivity contribution in [3.8, 4) is 0 Å². The van der Waals surface area contributed by atoms with E-state index < -0.39 is 24.1 Å². The first-order valence-corrected chi connectivity index (χ1v) is 16.8. The number of ether oxygens (including phenoxy) is 1. The molecular weight excluding hydrogens is 576 g/mol. The topological polar surface area (TPSA) is 104 Å². The number of carbonyl (C=O) groups is 2. The molecular formula is C37H51ClO6. The van der Waals surface area contributed by atoms with Crippen LogP contribution >= 0.6 is 11.6 Å². The molecule has 0 amide bonds. The SMILES string of the molecule is CC(=O)O[C@H]1C[C@@]2(C)[C@H](C[C@@H](O)[C@@H]3[C@@]4(C)CC[C@@H](O)[C@@H](C)C4CC[C@@]32C)C1=C(CCC(=C(C)C)c1ccc(Cl)cc1)C(=O)O. The molecule has 1 aromatic carbocycles. The Labute approximate surface area is 267 Å². The first kappa shape index (κ1) is 33.2. The first-order chi connectivity index (χ1) is 20.5. The third-order valence-electron chi connectivity index (χ3n) is 13.0. The molecule has 0 saturated heterocycles. The van der Waals surface area contributed by atoms with E-state index >= 15 is 0 Å². The predicted octanol–water partition coefficient (Wildman–Crippen LogP) is 7.85. The van der Waals surface area contributed by atoms with Gasteiger partial charge >= 0.3 is 11.9 Å². The molecule has 242 valence electrons. The van der Waals surface area contributed by atoms with Crippen molar-refractivity contribution in [3.05, 3.63) is 51.6 Å². The summed E-state index contributed by atoms with van der Waals surface area (Å²) < 4.78 is 5.99. The Balaban J connectivity index is 1.57. The molecule has 0 spiro atoms. The Kier molecular flexibility index (Phi) is 8.98. The number of rotatable bonds is 6. The summed E-state index contributed by atoms with van der Waals surface area (Å²) in [4.78, 5) is 25.6. The third kappa shape index (κ3) is 5.27. The number of aliphatic hydroxyl groups excluding tert-OH is 2. The number of benzene rings is 1. The zero-order valence-electron chi connectivity index (χ0n) is 27.5. The number of fused-ring (bicyclic) bond motifs is 5. The van der Waals surface area contributed by atoms with Crippen molar-refractivity contribution in [2.75, 3.05) is 0 Å². The average Bonchev–Trinajstić information content (AvgIpc) is 3.20. The molecule has 1 unspecified atom stereocenters. The second-order valence-electron chi connectivity index (χ2n) is 15.3. The molecule has 1 aromatic rings. The number of carbonyl (C=O) groups excluding carboxylic acids is 1. The van der Waals surface area contributed by atoms with Gasteiger partial charge in [0, 0.05) is 17.5 Å². The zero-order valence-corrected chi connectivity index (χ0v) is 28.2. The van der Waals surface area contributed by atoms with E-state index in [9.17, 15) is 24.9 Å². The number of hydrogen-bond donors (Lipinski definition) is 3. The second kappa shape index (κ2) is 11.9. The first-order valence-electron chi connectivity index (χ1n) is 16.5. The van der Waals surface area contributed by atoms with Gasteiger partial charge in [0.15, 0.2) is 0 Å². The van der Waals surface area contributed by atoms with E-state index in [0.717, 1.165) is 42.4 Å². The van der Waals surface area contributed by atoms with Crippen molar-refractivity contribution in [1.82, 2.24) is 0 Å². The smallest absolute Gasteiger partial charge is 0.331 e. The summed E-state index contributed by atoms with van der Waals surface area (Å²) in [5.41, 5.74) is 3.40. The molecule has 44 heavy (non-hydrogen) atoms. The summed E-state index contributed by atoms with van der Waals surface area (Å²) in [6.07, 6.45) is 3.71. The maximum Gasteiger partial charge on any atom is 0.331 e. The molecule has 4 aliphatic carbocycles. The molecule has 4 aliphatic rings. The number of halogens is 1. The molecule has 5 rings (SSSR count). The zero-order chi connectivity index (χ0) is 32.4. The standard InChI is InChI=1S/C37H51ClO6/c1-20(2)25(23-8-10-24(38)11-9-23)12-13-26(34(42)43)32-28-18-30(41)33-35(5)16-15-29(40)21(3)27(35)14-17-36(33,6)37(28,7)19-31(32)44-22(4)39/h8-11,21,27-31,33,40-41H,12-19H2,1-7H3,(H,42,43)/t21-,27?,28+,29+,30+,31-,33+,35-,36-,37-/m0/s1. The van der Waals surface area contributed by atoms with Crippen LogP contribution in [0.1, 0.15) is 105 Å². The molecule has 0 aliphatic heterocycles. The lowest BCUT2D eigenvalue weighted by Crippen LogP contribution is -2.65. The molecule has 4 saturated carbocycles. The van der Waals surface area contributed by atoms with Gasteiger partial charge in [-0.05, 0) is 134 Å². The average molecular weight is 627 g/mol. The fourth-order valence-corrected chi connectivity index (χ4v) is 11.0. The summed E-state index contributed by atoms with van der Waals surface area (Å²) in [5.74, 6) is -1.11. The minimum atomic E-state index is -0.988. The van der Waals surface area contributed by atoms with Crippen LogP contribution in [0.3, 0.4) is 0 Å². The number of carboxylic acids is 1. The van der Waals surface area contributed by atoms with Gasteiger partial charge in [-0.2, -0.15) is 0 Å². The highest BCUT2D eigenvalue weighted by Crippen LogP contribution is 2.74. The van der Waals surface area contributed by atoms with E-state index in [2.05, 4.69) is 27.7 Å². The minimum Gasteiger partial charge on any atom is -0.478 e. The van der Waals surface area contributed by atoms with Crippen molar-refractivity contribution in [3.63, 3.8) is 0 Å². The Hall–Kier alpha value is -2.15. The van der Waals surface area contributed by atoms with Gasteiger partial charge in [0.2, 0.25) is 0 Å². The number of esters is 1. The Morgan fingerprint density at radius 2 is 1.61 bits per heavy atom. The van der Waals surface area contributed by atoms with Crippen molar-refractivity contribution in [2.24, 2.45) is 39.9 Å². The highest BCUT2D eigenvalue weighted by Gasteiger charge is 2.70. The Morgan fingerprint density at radius 1 is 0.955 bits per heavy atom. The maximum atomic E-state index is 13.1. The van der Waals surface area contributed by atoms with E-state index in [1.165, 1.54) is 6.92 Å². The van der Waals surface area contributed by atoms with Crippen LogP contribution in [0.4, 0.5) is 0 Å². The van der Waals surface area contributed by atoms with Crippen molar-refractivity contribution in [1.29, 1.82) is 0 Å². The summed E-state index contributed by atoms with van der Waals surface area (Å²) in [6.45, 7) is 14.5. The summed E-state index contributed by atoms with van der Waals surface area (Å²) >= 11 is 6.14. The van der Waals surface area contributed by atoms with Gasteiger partial charge in [0.05, 0.1) is 12.2 Å². The lowest BCUT2D eigenvalue weighted by atomic mass is 9.36. The largest absolute Gasteiger partial charge is 0.478 e. The Morgan fingerprint density at radius 3 is 2.20 bits per heavy atom. The van der Waals surface area contributed by atoms with Gasteiger partial charge < -0.3 is 20.1 Å². The number of allylic oxidation sites excluding steroid dienone is 2. The highest BCUT2D eigenvalue weighted by atomic mass is 35.5. The highest BCUT2D eigenvalue weighted by molar-refractivity contribution is 6.30. The van der Waals surface area contributed by atoms with Crippen LogP contribution in [0.2, 0.25) is 5.02 Å². The van der Waals surface area contributed by atoms with Crippen LogP contribution in [-0.2, 0) is 14.3 Å². The number of hydrogen-bond acceptors (Lipinski definition) is 5. The molecule has 10 atom stereocenters. The van der Waals surface area contributed by atoms with Crippen LogP contribution in [0.25, 0.3) is 5.57 Å². The fraction of sp³-hybridized carbons (Fsp3) is 0.676.